The number of aromatic amines is 1. The van der Waals surface area contributed by atoms with Crippen LogP contribution in [0.4, 0.5) is 13.2 Å². The molecule has 1 N–H and O–H groups in total. The minimum Gasteiger partial charge on any atom is -0.310 e. The van der Waals surface area contributed by atoms with Gasteiger partial charge in [-0.05, 0) is 31.4 Å². The first-order chi connectivity index (χ1) is 17.2. The minimum absolute atomic E-state index is 0.00142. The molecule has 0 radical (unpaired) electrons. The smallest absolute Gasteiger partial charge is 0.310 e. The van der Waals surface area contributed by atoms with Gasteiger partial charge in [-0.1, -0.05) is 6.07 Å². The Morgan fingerprint density at radius 1 is 1.08 bits per heavy atom. The zero-order valence-corrected chi connectivity index (χ0v) is 18.7. The Morgan fingerprint density at radius 3 is 2.36 bits per heavy atom. The summed E-state index contributed by atoms with van der Waals surface area (Å²) in [4.78, 5) is 32.4. The fraction of sp³-hybridized carbons (Fsp3) is 0.304. The van der Waals surface area contributed by atoms with Gasteiger partial charge in [0.1, 0.15) is 34.9 Å². The van der Waals surface area contributed by atoms with Crippen molar-refractivity contribution < 1.29 is 13.2 Å². The number of aromatic nitrogens is 7. The second-order valence-electron chi connectivity index (χ2n) is 8.44. The summed E-state index contributed by atoms with van der Waals surface area (Å²) < 4.78 is 40.1. The molecule has 4 heterocycles. The molecule has 13 heteroatoms. The van der Waals surface area contributed by atoms with Gasteiger partial charge in [0, 0.05) is 30.4 Å². The standard InChI is InChI=1S/C23H16F3N9O/c1-11(13-2-5-17(29-10-13)23(24,25)26)35-21-18(16(7-28)34-35)22(36)33-20(32-21)15-4-3-14(15)19-30-8-12(6-27)9-31-19/h2,5,8-11,14-15H,3-4H2,1H3,(H,32,33,36)/t11?,14-,15-/m1/s1. The quantitative estimate of drug-likeness (QED) is 0.457. The summed E-state index contributed by atoms with van der Waals surface area (Å²) >= 11 is 0. The summed E-state index contributed by atoms with van der Waals surface area (Å²) in [6, 6.07) is 5.33. The van der Waals surface area contributed by atoms with Crippen LogP contribution in [-0.2, 0) is 6.18 Å². The highest BCUT2D eigenvalue weighted by molar-refractivity contribution is 5.80. The Balaban J connectivity index is 1.55. The topological polar surface area (TPSA) is 150 Å². The molecule has 3 atom stereocenters. The number of alkyl halides is 3. The number of pyridine rings is 1. The van der Waals surface area contributed by atoms with Crippen molar-refractivity contribution >= 4 is 11.0 Å². The molecule has 1 fully saturated rings. The van der Waals surface area contributed by atoms with Crippen molar-refractivity contribution in [2.45, 2.75) is 43.8 Å². The third-order valence-corrected chi connectivity index (χ3v) is 6.37. The number of nitrogens with zero attached hydrogens (tertiary/aromatic N) is 8. The maximum Gasteiger partial charge on any atom is 0.433 e. The number of rotatable bonds is 4. The molecule has 36 heavy (non-hydrogen) atoms. The van der Waals surface area contributed by atoms with Crippen molar-refractivity contribution in [3.8, 4) is 12.1 Å². The Hall–Kier alpha value is -4.65. The summed E-state index contributed by atoms with van der Waals surface area (Å²) in [5.41, 5.74) is -0.835. The lowest BCUT2D eigenvalue weighted by molar-refractivity contribution is -0.141. The molecule has 0 aliphatic heterocycles. The van der Waals surface area contributed by atoms with Crippen LogP contribution in [0.1, 0.15) is 71.8 Å². The van der Waals surface area contributed by atoms with Crippen molar-refractivity contribution in [2.75, 3.05) is 0 Å². The molecule has 5 rings (SSSR count). The van der Waals surface area contributed by atoms with E-state index >= 15 is 0 Å². The molecule has 4 aromatic heterocycles. The molecule has 0 saturated heterocycles. The molecular weight excluding hydrogens is 475 g/mol. The van der Waals surface area contributed by atoms with Crippen LogP contribution in [0.25, 0.3) is 11.0 Å². The summed E-state index contributed by atoms with van der Waals surface area (Å²) in [7, 11) is 0. The first kappa shape index (κ1) is 23.1. The van der Waals surface area contributed by atoms with Crippen LogP contribution in [0, 0.1) is 22.7 Å². The number of nitriles is 2. The highest BCUT2D eigenvalue weighted by Gasteiger charge is 2.38. The maximum atomic E-state index is 13.0. The van der Waals surface area contributed by atoms with Gasteiger partial charge in [-0.25, -0.2) is 19.6 Å². The zero-order valence-electron chi connectivity index (χ0n) is 18.7. The van der Waals surface area contributed by atoms with E-state index in [1.54, 1.807) is 6.92 Å². The normalized spacial score (nSPS) is 18.3. The Labute approximate surface area is 201 Å². The van der Waals surface area contributed by atoms with Crippen LogP contribution < -0.4 is 5.56 Å². The minimum atomic E-state index is -4.57. The van der Waals surface area contributed by atoms with Gasteiger partial charge < -0.3 is 4.98 Å². The SMILES string of the molecule is CC(c1ccc(C(F)(F)F)nc1)n1nc(C#N)c2c(=O)[nH]c([C@@H]3CC[C@H]3c3ncc(C#N)cn3)nc21. The van der Waals surface area contributed by atoms with E-state index in [0.717, 1.165) is 18.7 Å². The van der Waals surface area contributed by atoms with Crippen LogP contribution >= 0.6 is 0 Å². The molecule has 0 aromatic carbocycles. The van der Waals surface area contributed by atoms with Crippen molar-refractivity contribution in [3.63, 3.8) is 0 Å². The molecule has 0 bridgehead atoms. The van der Waals surface area contributed by atoms with Gasteiger partial charge in [0.25, 0.3) is 5.56 Å². The van der Waals surface area contributed by atoms with Gasteiger partial charge >= 0.3 is 6.18 Å². The predicted octanol–water partition coefficient (Wildman–Crippen LogP) is 3.34. The van der Waals surface area contributed by atoms with Gasteiger partial charge in [-0.15, -0.1) is 0 Å². The van der Waals surface area contributed by atoms with Gasteiger partial charge in [-0.2, -0.15) is 28.8 Å². The largest absolute Gasteiger partial charge is 0.433 e. The number of hydrogen-bond acceptors (Lipinski definition) is 8. The summed E-state index contributed by atoms with van der Waals surface area (Å²) in [5, 5.41) is 22.7. The summed E-state index contributed by atoms with van der Waals surface area (Å²) in [6.07, 6.45) is 0.853. The van der Waals surface area contributed by atoms with Crippen LogP contribution in [0.5, 0.6) is 0 Å². The molecule has 0 amide bonds. The fourth-order valence-corrected chi connectivity index (χ4v) is 4.27. The average molecular weight is 491 g/mol. The Morgan fingerprint density at radius 2 is 1.81 bits per heavy atom. The van der Waals surface area contributed by atoms with E-state index in [1.165, 1.54) is 23.1 Å². The first-order valence-corrected chi connectivity index (χ1v) is 10.9. The second kappa shape index (κ2) is 8.53. The number of fused-ring (bicyclic) bond motifs is 1. The van der Waals surface area contributed by atoms with E-state index in [0.29, 0.717) is 29.2 Å². The Bertz CT molecular complexity index is 1590. The molecule has 1 aliphatic carbocycles. The lowest BCUT2D eigenvalue weighted by Crippen LogP contribution is -2.28. The second-order valence-corrected chi connectivity index (χ2v) is 8.44. The summed E-state index contributed by atoms with van der Waals surface area (Å²) in [6.45, 7) is 1.66. The van der Waals surface area contributed by atoms with E-state index in [4.69, 9.17) is 5.26 Å². The lowest BCUT2D eigenvalue weighted by atomic mass is 9.72. The fourth-order valence-electron chi connectivity index (χ4n) is 4.27. The van der Waals surface area contributed by atoms with Gasteiger partial charge in [0.05, 0.1) is 11.6 Å². The molecule has 1 aliphatic rings. The molecular formula is C23H16F3N9O. The molecule has 4 aromatic rings. The zero-order chi connectivity index (χ0) is 25.6. The van der Waals surface area contributed by atoms with Gasteiger partial charge in [0.15, 0.2) is 11.3 Å². The Kier molecular flexibility index (Phi) is 5.48. The number of nitrogens with one attached hydrogen (secondary N) is 1. The molecule has 180 valence electrons. The van der Waals surface area contributed by atoms with E-state index in [-0.39, 0.29) is 28.6 Å². The maximum absolute atomic E-state index is 13.0. The third kappa shape index (κ3) is 3.84. The highest BCUT2D eigenvalue weighted by atomic mass is 19.4. The number of halogens is 3. The molecule has 1 unspecified atom stereocenters. The van der Waals surface area contributed by atoms with Crippen LogP contribution in [-0.4, -0.2) is 34.7 Å². The third-order valence-electron chi connectivity index (χ3n) is 6.37. The van der Waals surface area contributed by atoms with Crippen molar-refractivity contribution in [1.29, 1.82) is 10.5 Å². The van der Waals surface area contributed by atoms with E-state index < -0.39 is 23.5 Å². The van der Waals surface area contributed by atoms with Gasteiger partial charge in [-0.3, -0.25) is 9.78 Å². The van der Waals surface area contributed by atoms with Crippen LogP contribution in [0.15, 0.2) is 35.5 Å². The molecule has 1 saturated carbocycles. The van der Waals surface area contributed by atoms with Crippen molar-refractivity contribution in [1.82, 2.24) is 34.7 Å². The first-order valence-electron chi connectivity index (χ1n) is 10.9. The van der Waals surface area contributed by atoms with Crippen molar-refractivity contribution in [2.24, 2.45) is 0 Å². The monoisotopic (exact) mass is 491 g/mol. The van der Waals surface area contributed by atoms with E-state index in [9.17, 15) is 23.2 Å². The van der Waals surface area contributed by atoms with E-state index in [1.807, 2.05) is 12.1 Å². The van der Waals surface area contributed by atoms with Crippen LogP contribution in [0.2, 0.25) is 0 Å². The summed E-state index contributed by atoms with van der Waals surface area (Å²) in [5.74, 6) is 0.581. The average Bonchev–Trinajstić information content (AvgIpc) is 3.22. The lowest BCUT2D eigenvalue weighted by Gasteiger charge is -2.34. The molecule has 10 nitrogen and oxygen atoms in total. The predicted molar refractivity (Wildman–Crippen MR) is 117 cm³/mol. The number of H-pyrrole nitrogens is 1. The van der Waals surface area contributed by atoms with Crippen LogP contribution in [0.3, 0.4) is 0 Å². The van der Waals surface area contributed by atoms with Gasteiger partial charge in [0.2, 0.25) is 0 Å². The number of hydrogen-bond donors (Lipinski definition) is 1. The van der Waals surface area contributed by atoms with E-state index in [2.05, 4.69) is 30.0 Å². The highest BCUT2D eigenvalue weighted by Crippen LogP contribution is 2.46. The van der Waals surface area contributed by atoms with Crippen molar-refractivity contribution in [3.05, 3.63) is 75.2 Å². The molecule has 0 spiro atoms.